The van der Waals surface area contributed by atoms with Crippen molar-refractivity contribution < 1.29 is 28.2 Å². The van der Waals surface area contributed by atoms with Crippen molar-refractivity contribution in [3.8, 4) is 0 Å². The largest absolute Gasteiger partial charge is 0.464 e. The monoisotopic (exact) mass is 377 g/mol. The molecular formula is C15H21ClNO6P. The number of hydrogen-bond acceptors (Lipinski definition) is 6. The van der Waals surface area contributed by atoms with Crippen molar-refractivity contribution in [1.29, 1.82) is 0 Å². The van der Waals surface area contributed by atoms with Gasteiger partial charge in [-0.05, 0) is 30.1 Å². The summed E-state index contributed by atoms with van der Waals surface area (Å²) in [6.07, 6.45) is -0.861. The van der Waals surface area contributed by atoms with E-state index in [2.05, 4.69) is 9.84 Å². The molecule has 0 aliphatic rings. The van der Waals surface area contributed by atoms with E-state index in [-0.39, 0.29) is 25.8 Å². The molecule has 0 aromatic heterocycles. The molecule has 0 saturated carbocycles. The van der Waals surface area contributed by atoms with Crippen LogP contribution in [0.1, 0.15) is 18.9 Å². The summed E-state index contributed by atoms with van der Waals surface area (Å²) in [7, 11) is 1.22. The minimum Gasteiger partial charge on any atom is -0.464 e. The SMILES string of the molecule is CCOC(=O)[C@H](CCP(=O)(Cl)OC)NC(=O)OCc1ccccc1. The van der Waals surface area contributed by atoms with E-state index in [0.29, 0.717) is 0 Å². The third kappa shape index (κ3) is 7.81. The Morgan fingerprint density at radius 1 is 1.25 bits per heavy atom. The van der Waals surface area contributed by atoms with Crippen molar-refractivity contribution in [2.45, 2.75) is 26.0 Å². The summed E-state index contributed by atoms with van der Waals surface area (Å²) in [5.74, 6) is -0.651. The van der Waals surface area contributed by atoms with Gasteiger partial charge in [0.2, 0.25) is 0 Å². The Balaban J connectivity index is 2.57. The van der Waals surface area contributed by atoms with E-state index in [1.54, 1.807) is 19.1 Å². The minimum atomic E-state index is -3.32. The first-order valence-electron chi connectivity index (χ1n) is 7.36. The highest BCUT2D eigenvalue weighted by Crippen LogP contribution is 2.52. The Morgan fingerprint density at radius 3 is 2.50 bits per heavy atom. The van der Waals surface area contributed by atoms with E-state index in [9.17, 15) is 14.2 Å². The number of benzene rings is 1. The molecule has 0 spiro atoms. The van der Waals surface area contributed by atoms with Crippen LogP contribution in [0.3, 0.4) is 0 Å². The van der Waals surface area contributed by atoms with E-state index in [0.717, 1.165) is 5.56 Å². The molecule has 0 saturated heterocycles. The average molecular weight is 378 g/mol. The number of rotatable bonds is 9. The van der Waals surface area contributed by atoms with Gasteiger partial charge in [0, 0.05) is 13.3 Å². The lowest BCUT2D eigenvalue weighted by Gasteiger charge is -2.18. The van der Waals surface area contributed by atoms with Gasteiger partial charge in [-0.3, -0.25) is 4.57 Å². The summed E-state index contributed by atoms with van der Waals surface area (Å²) in [6.45, 7) is -1.46. The number of amides is 1. The van der Waals surface area contributed by atoms with Crippen LogP contribution >= 0.6 is 18.0 Å². The van der Waals surface area contributed by atoms with Gasteiger partial charge in [-0.2, -0.15) is 0 Å². The van der Waals surface area contributed by atoms with Gasteiger partial charge in [-0.25, -0.2) is 9.59 Å². The molecule has 1 aromatic rings. The summed E-state index contributed by atoms with van der Waals surface area (Å²) in [6, 6.07) is 8.08. The zero-order chi connectivity index (χ0) is 18.0. The van der Waals surface area contributed by atoms with Gasteiger partial charge in [0.25, 0.3) is 6.72 Å². The van der Waals surface area contributed by atoms with Gasteiger partial charge < -0.3 is 19.3 Å². The van der Waals surface area contributed by atoms with E-state index in [1.165, 1.54) is 7.11 Å². The fourth-order valence-electron chi connectivity index (χ4n) is 1.77. The Labute approximate surface area is 145 Å². The molecule has 0 radical (unpaired) electrons. The molecule has 1 rings (SSSR count). The van der Waals surface area contributed by atoms with Gasteiger partial charge in [0.05, 0.1) is 6.61 Å². The Kier molecular flexibility index (Phi) is 8.82. The number of carbonyl (C=O) groups excluding carboxylic acids is 2. The summed E-state index contributed by atoms with van der Waals surface area (Å²) in [5.41, 5.74) is 0.810. The predicted octanol–water partition coefficient (Wildman–Crippen LogP) is 3.31. The molecule has 24 heavy (non-hydrogen) atoms. The molecule has 2 atom stereocenters. The van der Waals surface area contributed by atoms with Crippen molar-refractivity contribution >= 4 is 30.0 Å². The van der Waals surface area contributed by atoms with Gasteiger partial charge in [0.1, 0.15) is 12.6 Å². The Bertz CT molecular complexity index is 583. The number of alkyl carbamates (subject to hydrolysis) is 1. The molecule has 0 bridgehead atoms. The molecular weight excluding hydrogens is 357 g/mol. The van der Waals surface area contributed by atoms with Crippen LogP contribution in [0.15, 0.2) is 30.3 Å². The third-order valence-electron chi connectivity index (χ3n) is 3.03. The number of nitrogens with one attached hydrogen (secondary N) is 1. The minimum absolute atomic E-state index is 0.00783. The Hall–Kier alpha value is -1.56. The van der Waals surface area contributed by atoms with Crippen LogP contribution in [0, 0.1) is 0 Å². The van der Waals surface area contributed by atoms with Crippen molar-refractivity contribution in [1.82, 2.24) is 5.32 Å². The molecule has 134 valence electrons. The number of esters is 1. The molecule has 9 heteroatoms. The summed E-state index contributed by atoms with van der Waals surface area (Å²) in [5, 5.41) is 2.40. The van der Waals surface area contributed by atoms with Crippen LogP contribution in [0.2, 0.25) is 0 Å². The lowest BCUT2D eigenvalue weighted by atomic mass is 10.2. The van der Waals surface area contributed by atoms with Crippen LogP contribution in [0.5, 0.6) is 0 Å². The first kappa shape index (κ1) is 20.5. The third-order valence-corrected chi connectivity index (χ3v) is 5.29. The fraction of sp³-hybridized carbons (Fsp3) is 0.467. The molecule has 7 nitrogen and oxygen atoms in total. The number of carbonyl (C=O) groups is 2. The fourth-order valence-corrected chi connectivity index (χ4v) is 2.82. The van der Waals surface area contributed by atoms with Crippen LogP contribution in [-0.2, 0) is 30.0 Å². The highest BCUT2D eigenvalue weighted by Gasteiger charge is 2.27. The van der Waals surface area contributed by atoms with Gasteiger partial charge >= 0.3 is 12.1 Å². The van der Waals surface area contributed by atoms with Crippen molar-refractivity contribution in [2.75, 3.05) is 19.9 Å². The highest BCUT2D eigenvalue weighted by atomic mass is 35.7. The van der Waals surface area contributed by atoms with Gasteiger partial charge in [-0.15, -0.1) is 0 Å². The smallest absolute Gasteiger partial charge is 0.408 e. The maximum absolute atomic E-state index is 11.9. The number of halogens is 1. The van der Waals surface area contributed by atoms with Crippen LogP contribution < -0.4 is 5.32 Å². The Morgan fingerprint density at radius 2 is 1.92 bits per heavy atom. The number of ether oxygens (including phenoxy) is 2. The second-order valence-electron chi connectivity index (χ2n) is 4.80. The average Bonchev–Trinajstić information content (AvgIpc) is 2.58. The standard InChI is InChI=1S/C15H21ClNO6P/c1-3-22-14(18)13(9-10-24(16,20)21-2)17-15(19)23-11-12-7-5-4-6-8-12/h4-8,13H,3,9-11H2,1-2H3,(H,17,19)/t13-,24?/m0/s1. The van der Waals surface area contributed by atoms with E-state index >= 15 is 0 Å². The van der Waals surface area contributed by atoms with Crippen molar-refractivity contribution in [2.24, 2.45) is 0 Å². The van der Waals surface area contributed by atoms with Crippen molar-refractivity contribution in [3.63, 3.8) is 0 Å². The normalized spacial score (nSPS) is 14.3. The van der Waals surface area contributed by atoms with E-state index < -0.39 is 24.8 Å². The maximum atomic E-state index is 11.9. The molecule has 0 heterocycles. The van der Waals surface area contributed by atoms with Crippen LogP contribution in [0.4, 0.5) is 4.79 Å². The quantitative estimate of drug-likeness (QED) is 0.524. The lowest BCUT2D eigenvalue weighted by Crippen LogP contribution is -2.42. The molecule has 1 unspecified atom stereocenters. The zero-order valence-corrected chi connectivity index (χ0v) is 15.2. The maximum Gasteiger partial charge on any atom is 0.408 e. The van der Waals surface area contributed by atoms with Gasteiger partial charge in [0.15, 0.2) is 0 Å². The van der Waals surface area contributed by atoms with E-state index in [4.69, 9.17) is 20.7 Å². The molecule has 1 aromatic carbocycles. The van der Waals surface area contributed by atoms with Crippen LogP contribution in [-0.4, -0.2) is 38.0 Å². The first-order chi connectivity index (χ1) is 11.4. The van der Waals surface area contributed by atoms with Gasteiger partial charge in [-0.1, -0.05) is 30.3 Å². The summed E-state index contributed by atoms with van der Waals surface area (Å²) >= 11 is 5.66. The molecule has 1 N–H and O–H groups in total. The predicted molar refractivity (Wildman–Crippen MR) is 90.1 cm³/mol. The van der Waals surface area contributed by atoms with Crippen molar-refractivity contribution in [3.05, 3.63) is 35.9 Å². The summed E-state index contributed by atoms with van der Waals surface area (Å²) in [4.78, 5) is 23.7. The summed E-state index contributed by atoms with van der Waals surface area (Å²) < 4.78 is 26.3. The molecule has 0 fully saturated rings. The lowest BCUT2D eigenvalue weighted by molar-refractivity contribution is -0.145. The molecule has 1 amide bonds. The second kappa shape index (κ2) is 10.3. The zero-order valence-electron chi connectivity index (χ0n) is 13.6. The highest BCUT2D eigenvalue weighted by molar-refractivity contribution is 7.85. The first-order valence-corrected chi connectivity index (χ1v) is 10.1. The van der Waals surface area contributed by atoms with E-state index in [1.807, 2.05) is 18.2 Å². The second-order valence-corrected chi connectivity index (χ2v) is 8.33. The number of hydrogen-bond donors (Lipinski definition) is 1. The molecule has 0 aliphatic heterocycles. The molecule has 0 aliphatic carbocycles. The topological polar surface area (TPSA) is 90.9 Å². The van der Waals surface area contributed by atoms with Crippen LogP contribution in [0.25, 0.3) is 0 Å².